The Morgan fingerprint density at radius 3 is 2.76 bits per heavy atom. The van der Waals surface area contributed by atoms with Crippen molar-refractivity contribution in [2.24, 2.45) is 5.92 Å². The second kappa shape index (κ2) is 9.04. The lowest BCUT2D eigenvalue weighted by atomic mass is 10.0. The van der Waals surface area contributed by atoms with Gasteiger partial charge < -0.3 is 19.3 Å². The van der Waals surface area contributed by atoms with Crippen LogP contribution in [0.2, 0.25) is 0 Å². The Morgan fingerprint density at radius 2 is 2.00 bits per heavy atom. The number of anilines is 1. The molecule has 0 bridgehead atoms. The van der Waals surface area contributed by atoms with E-state index in [2.05, 4.69) is 21.5 Å². The maximum atomic E-state index is 12.7. The Hall–Kier alpha value is -3.70. The zero-order valence-corrected chi connectivity index (χ0v) is 18.3. The Labute approximate surface area is 191 Å². The van der Waals surface area contributed by atoms with E-state index in [1.165, 1.54) is 0 Å². The largest absolute Gasteiger partial charge is 0.489 e. The Bertz CT molecular complexity index is 1210. The van der Waals surface area contributed by atoms with Crippen molar-refractivity contribution in [3.05, 3.63) is 59.6 Å². The molecule has 1 aliphatic heterocycles. The van der Waals surface area contributed by atoms with Crippen LogP contribution in [-0.4, -0.2) is 35.4 Å². The zero-order valence-electron chi connectivity index (χ0n) is 18.3. The molecule has 3 aromatic rings. The summed E-state index contributed by atoms with van der Waals surface area (Å²) in [5, 5.41) is 16.4. The summed E-state index contributed by atoms with van der Waals surface area (Å²) in [4.78, 5) is 17.0. The first-order valence-corrected chi connectivity index (χ1v) is 11.1. The topological polar surface area (TPSA) is 110 Å². The quantitative estimate of drug-likeness (QED) is 0.606. The maximum Gasteiger partial charge on any atom is 0.229 e. The van der Waals surface area contributed by atoms with E-state index in [4.69, 9.17) is 14.0 Å². The molecular weight excluding hydrogens is 420 g/mol. The molecule has 1 aromatic carbocycles. The van der Waals surface area contributed by atoms with Gasteiger partial charge in [-0.25, -0.2) is 4.98 Å². The van der Waals surface area contributed by atoms with Crippen LogP contribution < -0.4 is 10.1 Å². The van der Waals surface area contributed by atoms with Crippen molar-refractivity contribution in [2.45, 2.75) is 38.2 Å². The average Bonchev–Trinajstić information content (AvgIpc) is 3.53. The molecular formula is C25H24N4O4. The Balaban J connectivity index is 1.27. The van der Waals surface area contributed by atoms with E-state index in [9.17, 15) is 10.1 Å². The number of amides is 1. The van der Waals surface area contributed by atoms with Crippen LogP contribution in [0.5, 0.6) is 5.75 Å². The molecule has 3 heterocycles. The van der Waals surface area contributed by atoms with E-state index in [0.29, 0.717) is 30.3 Å². The smallest absolute Gasteiger partial charge is 0.229 e. The van der Waals surface area contributed by atoms with Crippen LogP contribution in [0.25, 0.3) is 11.1 Å². The highest BCUT2D eigenvalue weighted by Crippen LogP contribution is 2.48. The van der Waals surface area contributed by atoms with E-state index >= 15 is 0 Å². The van der Waals surface area contributed by atoms with Crippen LogP contribution in [0.4, 0.5) is 5.82 Å². The van der Waals surface area contributed by atoms with E-state index in [1.54, 1.807) is 12.3 Å². The summed E-state index contributed by atoms with van der Waals surface area (Å²) < 4.78 is 16.7. The minimum atomic E-state index is -0.144. The lowest BCUT2D eigenvalue weighted by Crippen LogP contribution is -2.26. The van der Waals surface area contributed by atoms with E-state index in [1.807, 2.05) is 37.3 Å². The summed E-state index contributed by atoms with van der Waals surface area (Å²) in [7, 11) is 0. The maximum absolute atomic E-state index is 12.7. The molecule has 168 valence electrons. The molecule has 0 radical (unpaired) electrons. The van der Waals surface area contributed by atoms with Crippen LogP contribution >= 0.6 is 0 Å². The van der Waals surface area contributed by atoms with Crippen LogP contribution in [0.15, 0.2) is 47.1 Å². The van der Waals surface area contributed by atoms with Gasteiger partial charge in [0.2, 0.25) is 5.91 Å². The van der Waals surface area contributed by atoms with E-state index in [-0.39, 0.29) is 23.8 Å². The highest BCUT2D eigenvalue weighted by Gasteiger charge is 2.46. The second-order valence-corrected chi connectivity index (χ2v) is 8.49. The fraction of sp³-hybridized carbons (Fsp3) is 0.360. The fourth-order valence-electron chi connectivity index (χ4n) is 4.13. The van der Waals surface area contributed by atoms with Gasteiger partial charge in [-0.1, -0.05) is 11.2 Å². The van der Waals surface area contributed by atoms with Gasteiger partial charge in [0.25, 0.3) is 0 Å². The predicted molar refractivity (Wildman–Crippen MR) is 120 cm³/mol. The van der Waals surface area contributed by atoms with Crippen LogP contribution in [0, 0.1) is 24.2 Å². The first kappa shape index (κ1) is 21.2. The number of nitrogens with one attached hydrogen (secondary N) is 1. The van der Waals surface area contributed by atoms with Crippen molar-refractivity contribution < 1.29 is 18.8 Å². The monoisotopic (exact) mass is 444 g/mol. The number of hydrogen-bond donors (Lipinski definition) is 1. The van der Waals surface area contributed by atoms with Crippen LogP contribution in [0.3, 0.4) is 0 Å². The van der Waals surface area contributed by atoms with Crippen molar-refractivity contribution >= 4 is 11.7 Å². The summed E-state index contributed by atoms with van der Waals surface area (Å²) in [6.45, 7) is 3.22. The second-order valence-electron chi connectivity index (χ2n) is 8.49. The molecule has 0 spiro atoms. The summed E-state index contributed by atoms with van der Waals surface area (Å²) in [5.74, 6) is 1.64. The minimum absolute atomic E-state index is 0.0616. The van der Waals surface area contributed by atoms with Crippen LogP contribution in [0.1, 0.15) is 42.2 Å². The van der Waals surface area contributed by atoms with Gasteiger partial charge in [0, 0.05) is 36.9 Å². The third-order valence-corrected chi connectivity index (χ3v) is 6.05. The number of aryl methyl sites for hydroxylation is 1. The lowest BCUT2D eigenvalue weighted by molar-refractivity contribution is -0.117. The molecule has 2 atom stereocenters. The standard InChI is InChI=1S/C25H24N4O4/c1-15-10-23(33-29-15)20-13-21(20)25(30)28-24-12-17(4-7-27-24)16-2-3-22(18(11-16)14-26)32-19-5-8-31-9-6-19/h2-4,7,10-12,19-21H,5-6,8-9,13H2,1H3,(H,27,28,30)/t20-,21?/m1/s1. The summed E-state index contributed by atoms with van der Waals surface area (Å²) in [6, 6.07) is 13.3. The number of nitrogens with zero attached hydrogens (tertiary/aromatic N) is 3. The molecule has 33 heavy (non-hydrogen) atoms. The molecule has 1 amide bonds. The number of carbonyl (C=O) groups excluding carboxylic acids is 1. The number of pyridine rings is 1. The molecule has 1 saturated heterocycles. The van der Waals surface area contributed by atoms with Crippen molar-refractivity contribution in [3.63, 3.8) is 0 Å². The van der Waals surface area contributed by atoms with Gasteiger partial charge in [-0.05, 0) is 48.7 Å². The van der Waals surface area contributed by atoms with Gasteiger partial charge in [-0.15, -0.1) is 0 Å². The van der Waals surface area contributed by atoms with Gasteiger partial charge in [-0.3, -0.25) is 4.79 Å². The van der Waals surface area contributed by atoms with Crippen molar-refractivity contribution in [1.29, 1.82) is 5.26 Å². The molecule has 1 unspecified atom stereocenters. The van der Waals surface area contributed by atoms with Crippen LogP contribution in [-0.2, 0) is 9.53 Å². The van der Waals surface area contributed by atoms with E-state index < -0.39 is 0 Å². The normalized spacial score (nSPS) is 20.1. The number of benzene rings is 1. The van der Waals surface area contributed by atoms with Crippen molar-refractivity contribution in [1.82, 2.24) is 10.1 Å². The van der Waals surface area contributed by atoms with Gasteiger partial charge in [-0.2, -0.15) is 5.26 Å². The third kappa shape index (κ3) is 4.73. The number of hydrogen-bond acceptors (Lipinski definition) is 7. The first-order valence-electron chi connectivity index (χ1n) is 11.1. The molecule has 8 nitrogen and oxygen atoms in total. The molecule has 5 rings (SSSR count). The van der Waals surface area contributed by atoms with Gasteiger partial charge in [0.1, 0.15) is 29.5 Å². The third-order valence-electron chi connectivity index (χ3n) is 6.05. The molecule has 1 saturated carbocycles. The number of nitriles is 1. The van der Waals surface area contributed by atoms with Crippen molar-refractivity contribution in [2.75, 3.05) is 18.5 Å². The predicted octanol–water partition coefficient (Wildman–Crippen LogP) is 4.22. The number of rotatable bonds is 6. The molecule has 2 fully saturated rings. The summed E-state index contributed by atoms with van der Waals surface area (Å²) in [5.41, 5.74) is 2.99. The molecule has 2 aromatic heterocycles. The van der Waals surface area contributed by atoms with Gasteiger partial charge in [0.05, 0.1) is 24.5 Å². The van der Waals surface area contributed by atoms with Crippen molar-refractivity contribution in [3.8, 4) is 22.9 Å². The molecule has 1 N–H and O–H groups in total. The molecule has 8 heteroatoms. The highest BCUT2D eigenvalue weighted by molar-refractivity contribution is 5.94. The first-order chi connectivity index (χ1) is 16.1. The average molecular weight is 444 g/mol. The van der Waals surface area contributed by atoms with Gasteiger partial charge in [0.15, 0.2) is 0 Å². The lowest BCUT2D eigenvalue weighted by Gasteiger charge is -2.23. The Morgan fingerprint density at radius 1 is 1.18 bits per heavy atom. The SMILES string of the molecule is Cc1cc([C@@H]2CC2C(=O)Nc2cc(-c3ccc(OC4CCOCC4)c(C#N)c3)ccn2)on1. The summed E-state index contributed by atoms with van der Waals surface area (Å²) in [6.07, 6.45) is 4.08. The Kier molecular flexibility index (Phi) is 5.80. The van der Waals surface area contributed by atoms with E-state index in [0.717, 1.165) is 41.8 Å². The zero-order chi connectivity index (χ0) is 22.8. The number of ether oxygens (including phenoxy) is 2. The highest BCUT2D eigenvalue weighted by atomic mass is 16.5. The summed E-state index contributed by atoms with van der Waals surface area (Å²) >= 11 is 0. The number of carbonyl (C=O) groups is 1. The molecule has 1 aliphatic carbocycles. The number of aromatic nitrogens is 2. The van der Waals surface area contributed by atoms with Gasteiger partial charge >= 0.3 is 0 Å². The fourth-order valence-corrected chi connectivity index (χ4v) is 4.13. The molecule has 2 aliphatic rings. The minimum Gasteiger partial charge on any atom is -0.489 e.